The number of ether oxygens (including phenoxy) is 2. The van der Waals surface area contributed by atoms with Crippen LogP contribution in [0.15, 0.2) is 113 Å². The molecule has 43 heavy (non-hydrogen) atoms. The highest BCUT2D eigenvalue weighted by Gasteiger charge is 2.17. The summed E-state index contributed by atoms with van der Waals surface area (Å²) in [6.45, 7) is 5.57. The molecule has 0 saturated heterocycles. The third kappa shape index (κ3) is 10.5. The van der Waals surface area contributed by atoms with Gasteiger partial charge in [-0.15, -0.1) is 0 Å². The van der Waals surface area contributed by atoms with Gasteiger partial charge in [-0.2, -0.15) is 0 Å². The molecule has 2 amide bonds. The van der Waals surface area contributed by atoms with E-state index in [-0.39, 0.29) is 18.4 Å². The number of aryl methyl sites for hydroxylation is 1. The number of urea groups is 1. The number of nitrogens with one attached hydrogen (secondary N) is 1. The molecule has 0 bridgehead atoms. The van der Waals surface area contributed by atoms with Gasteiger partial charge in [0.05, 0.1) is 19.6 Å². The standard InChI is InChI=1S/C36H40N2O4S/c1-3-5-25-42-32-20-18-30(19-21-32)37-36(40)38(24-10-13-28-11-7-6-8-12-28)31-14-9-15-34(27-31)43-33-22-16-29(17-23-33)26-35(39)41-4-2/h6-9,11-12,14-23,27H,3-5,10,13,24-26H2,1-2H3,(H,37,40). The Morgan fingerprint density at radius 3 is 2.28 bits per heavy atom. The molecule has 1 N–H and O–H groups in total. The van der Waals surface area contributed by atoms with Crippen molar-refractivity contribution >= 4 is 35.1 Å². The molecule has 4 aromatic rings. The highest BCUT2D eigenvalue weighted by Crippen LogP contribution is 2.31. The van der Waals surface area contributed by atoms with E-state index in [1.807, 2.05) is 97.9 Å². The summed E-state index contributed by atoms with van der Waals surface area (Å²) in [6.07, 6.45) is 4.05. The van der Waals surface area contributed by atoms with E-state index in [9.17, 15) is 9.59 Å². The molecular weight excluding hydrogens is 556 g/mol. The minimum atomic E-state index is -0.225. The van der Waals surface area contributed by atoms with Gasteiger partial charge in [-0.3, -0.25) is 9.69 Å². The van der Waals surface area contributed by atoms with E-state index in [4.69, 9.17) is 9.47 Å². The van der Waals surface area contributed by atoms with Gasteiger partial charge in [0.1, 0.15) is 5.75 Å². The van der Waals surface area contributed by atoms with Crippen molar-refractivity contribution in [2.45, 2.75) is 55.7 Å². The molecule has 0 aromatic heterocycles. The number of rotatable bonds is 15. The maximum atomic E-state index is 13.6. The number of amides is 2. The fourth-order valence-corrected chi connectivity index (χ4v) is 5.37. The molecule has 4 rings (SSSR count). The zero-order chi connectivity index (χ0) is 30.3. The second-order valence-electron chi connectivity index (χ2n) is 10.1. The lowest BCUT2D eigenvalue weighted by Crippen LogP contribution is -2.36. The van der Waals surface area contributed by atoms with E-state index in [0.29, 0.717) is 25.4 Å². The molecule has 4 aromatic carbocycles. The first kappa shape index (κ1) is 31.7. The number of esters is 1. The minimum absolute atomic E-state index is 0.182. The second-order valence-corrected chi connectivity index (χ2v) is 11.3. The van der Waals surface area contributed by atoms with E-state index in [2.05, 4.69) is 24.4 Å². The van der Waals surface area contributed by atoms with Crippen molar-refractivity contribution in [1.82, 2.24) is 0 Å². The van der Waals surface area contributed by atoms with Gasteiger partial charge in [0.15, 0.2) is 0 Å². The summed E-state index contributed by atoms with van der Waals surface area (Å²) < 4.78 is 10.8. The molecular formula is C36H40N2O4S. The van der Waals surface area contributed by atoms with Crippen LogP contribution in [-0.4, -0.2) is 31.8 Å². The summed E-state index contributed by atoms with van der Waals surface area (Å²) in [5.41, 5.74) is 3.71. The zero-order valence-electron chi connectivity index (χ0n) is 25.0. The number of nitrogens with zero attached hydrogens (tertiary/aromatic N) is 1. The Balaban J connectivity index is 1.46. The fourth-order valence-electron chi connectivity index (χ4n) is 4.50. The first-order chi connectivity index (χ1) is 21.0. The maximum Gasteiger partial charge on any atom is 0.326 e. The normalized spacial score (nSPS) is 10.7. The van der Waals surface area contributed by atoms with Crippen molar-refractivity contribution in [3.63, 3.8) is 0 Å². The van der Waals surface area contributed by atoms with E-state index >= 15 is 0 Å². The van der Waals surface area contributed by atoms with Crippen molar-refractivity contribution < 1.29 is 19.1 Å². The third-order valence-corrected chi connectivity index (χ3v) is 7.75. The summed E-state index contributed by atoms with van der Waals surface area (Å²) in [4.78, 5) is 29.3. The van der Waals surface area contributed by atoms with Gasteiger partial charge in [-0.1, -0.05) is 73.6 Å². The molecule has 0 aliphatic rings. The number of carbonyl (C=O) groups is 2. The van der Waals surface area contributed by atoms with E-state index < -0.39 is 0 Å². The van der Waals surface area contributed by atoms with Crippen molar-refractivity contribution in [2.75, 3.05) is 30.0 Å². The lowest BCUT2D eigenvalue weighted by atomic mass is 10.1. The van der Waals surface area contributed by atoms with Gasteiger partial charge in [-0.05, 0) is 91.9 Å². The average molecular weight is 597 g/mol. The first-order valence-corrected chi connectivity index (χ1v) is 15.7. The average Bonchev–Trinajstić information content (AvgIpc) is 3.02. The van der Waals surface area contributed by atoms with Crippen LogP contribution in [0.1, 0.15) is 44.2 Å². The van der Waals surface area contributed by atoms with E-state index in [1.54, 1.807) is 16.7 Å². The number of benzene rings is 4. The Morgan fingerprint density at radius 2 is 1.56 bits per heavy atom. The quantitative estimate of drug-likeness (QED) is 0.110. The minimum Gasteiger partial charge on any atom is -0.494 e. The lowest BCUT2D eigenvalue weighted by Gasteiger charge is -2.24. The molecule has 0 radical (unpaired) electrons. The lowest BCUT2D eigenvalue weighted by molar-refractivity contribution is -0.142. The predicted molar refractivity (Wildman–Crippen MR) is 175 cm³/mol. The van der Waals surface area contributed by atoms with Gasteiger partial charge in [0, 0.05) is 27.7 Å². The Kier molecular flexibility index (Phi) is 12.5. The molecule has 0 fully saturated rings. The first-order valence-electron chi connectivity index (χ1n) is 14.9. The zero-order valence-corrected chi connectivity index (χ0v) is 25.8. The summed E-state index contributed by atoms with van der Waals surface area (Å²) in [5, 5.41) is 3.07. The SMILES string of the molecule is CCCCOc1ccc(NC(=O)N(CCCc2ccccc2)c2cccc(Sc3ccc(CC(=O)OCC)cc3)c2)cc1. The maximum absolute atomic E-state index is 13.6. The monoisotopic (exact) mass is 596 g/mol. The summed E-state index contributed by atoms with van der Waals surface area (Å²) in [6, 6.07) is 33.6. The second kappa shape index (κ2) is 17.0. The van der Waals surface area contributed by atoms with Crippen molar-refractivity contribution in [1.29, 1.82) is 0 Å². The van der Waals surface area contributed by atoms with Crippen molar-refractivity contribution in [3.05, 3.63) is 114 Å². The number of hydrogen-bond acceptors (Lipinski definition) is 5. The predicted octanol–water partition coefficient (Wildman–Crippen LogP) is 8.79. The van der Waals surface area contributed by atoms with Crippen LogP contribution in [0, 0.1) is 0 Å². The highest BCUT2D eigenvalue weighted by atomic mass is 32.2. The molecule has 0 aliphatic heterocycles. The molecule has 0 aliphatic carbocycles. The molecule has 0 heterocycles. The molecule has 7 heteroatoms. The molecule has 6 nitrogen and oxygen atoms in total. The van der Waals surface area contributed by atoms with Crippen LogP contribution >= 0.6 is 11.8 Å². The van der Waals surface area contributed by atoms with Crippen LogP contribution in [0.2, 0.25) is 0 Å². The summed E-state index contributed by atoms with van der Waals surface area (Å²) >= 11 is 1.61. The van der Waals surface area contributed by atoms with Gasteiger partial charge in [-0.25, -0.2) is 4.79 Å². The smallest absolute Gasteiger partial charge is 0.326 e. The van der Waals surface area contributed by atoms with Crippen LogP contribution in [-0.2, 0) is 22.4 Å². The van der Waals surface area contributed by atoms with E-state index in [1.165, 1.54) is 5.56 Å². The van der Waals surface area contributed by atoms with Gasteiger partial charge >= 0.3 is 12.0 Å². The Labute approximate surface area is 259 Å². The van der Waals surface area contributed by atoms with Gasteiger partial charge < -0.3 is 14.8 Å². The number of unbranched alkanes of at least 4 members (excludes halogenated alkanes) is 1. The molecule has 0 atom stereocenters. The summed E-state index contributed by atoms with van der Waals surface area (Å²) in [5.74, 6) is 0.572. The van der Waals surface area contributed by atoms with Crippen LogP contribution in [0.5, 0.6) is 5.75 Å². The summed E-state index contributed by atoms with van der Waals surface area (Å²) in [7, 11) is 0. The van der Waals surface area contributed by atoms with Crippen molar-refractivity contribution in [3.8, 4) is 5.75 Å². The largest absolute Gasteiger partial charge is 0.494 e. The molecule has 224 valence electrons. The molecule has 0 saturated carbocycles. The third-order valence-electron chi connectivity index (χ3n) is 6.75. The van der Waals surface area contributed by atoms with Crippen LogP contribution in [0.3, 0.4) is 0 Å². The number of hydrogen-bond donors (Lipinski definition) is 1. The number of carbonyl (C=O) groups excluding carboxylic acids is 2. The molecule has 0 unspecified atom stereocenters. The van der Waals surface area contributed by atoms with Crippen molar-refractivity contribution in [2.24, 2.45) is 0 Å². The van der Waals surface area contributed by atoms with Gasteiger partial charge in [0.25, 0.3) is 0 Å². The fraction of sp³-hybridized carbons (Fsp3) is 0.278. The van der Waals surface area contributed by atoms with Crippen LogP contribution in [0.25, 0.3) is 0 Å². The highest BCUT2D eigenvalue weighted by molar-refractivity contribution is 7.99. The van der Waals surface area contributed by atoms with E-state index in [0.717, 1.165) is 52.5 Å². The Hall–Kier alpha value is -4.23. The Bertz CT molecular complexity index is 1430. The molecule has 0 spiro atoms. The van der Waals surface area contributed by atoms with Crippen LogP contribution < -0.4 is 15.0 Å². The van der Waals surface area contributed by atoms with Gasteiger partial charge in [0.2, 0.25) is 0 Å². The number of anilines is 2. The topological polar surface area (TPSA) is 67.9 Å². The van der Waals surface area contributed by atoms with Crippen LogP contribution in [0.4, 0.5) is 16.2 Å². The Morgan fingerprint density at radius 1 is 0.791 bits per heavy atom.